The maximum absolute atomic E-state index is 13.9. The molecular weight excluding hydrogens is 513 g/mol. The van der Waals surface area contributed by atoms with Gasteiger partial charge in [0.1, 0.15) is 23.4 Å². The lowest BCUT2D eigenvalue weighted by Crippen LogP contribution is -2.43. The van der Waals surface area contributed by atoms with Gasteiger partial charge in [-0.25, -0.2) is 12.8 Å². The van der Waals surface area contributed by atoms with Crippen LogP contribution in [-0.4, -0.2) is 43.7 Å². The number of benzene rings is 2. The molecule has 2 heterocycles. The van der Waals surface area contributed by atoms with E-state index < -0.39 is 34.5 Å². The Morgan fingerprint density at radius 1 is 1.19 bits per heavy atom. The van der Waals surface area contributed by atoms with Crippen molar-refractivity contribution in [2.45, 2.75) is 30.5 Å². The van der Waals surface area contributed by atoms with Crippen LogP contribution in [0.4, 0.5) is 18.9 Å². The van der Waals surface area contributed by atoms with Crippen molar-refractivity contribution in [3.63, 3.8) is 0 Å². The van der Waals surface area contributed by atoms with Crippen LogP contribution in [0.15, 0.2) is 65.7 Å². The van der Waals surface area contributed by atoms with Gasteiger partial charge in [-0.3, -0.25) is 14.1 Å². The van der Waals surface area contributed by atoms with Gasteiger partial charge < -0.3 is 14.6 Å². The summed E-state index contributed by atoms with van der Waals surface area (Å²) in [6.07, 6.45) is 3.42. The number of nitrogens with zero attached hydrogens (tertiary/aromatic N) is 2. The molecule has 8 nitrogen and oxygen atoms in total. The number of hydrogen-bond donors (Lipinski definition) is 1. The number of halogens is 3. The van der Waals surface area contributed by atoms with Gasteiger partial charge in [-0.2, -0.15) is 8.78 Å². The summed E-state index contributed by atoms with van der Waals surface area (Å²) in [4.78, 5) is 14.7. The molecule has 0 bridgehead atoms. The van der Waals surface area contributed by atoms with Crippen LogP contribution < -0.4 is 13.8 Å². The third kappa shape index (κ3) is 6.20. The number of hydrogen-bond acceptors (Lipinski definition) is 6. The number of aromatic nitrogens is 1. The zero-order valence-corrected chi connectivity index (χ0v) is 19.9. The summed E-state index contributed by atoms with van der Waals surface area (Å²) < 4.78 is 77.8. The minimum Gasteiger partial charge on any atom is -0.486 e. The number of carboxylic acid groups (broad SMARTS) is 1. The van der Waals surface area contributed by atoms with Crippen LogP contribution in [0.25, 0.3) is 12.2 Å². The number of ether oxygens (including phenoxy) is 2. The summed E-state index contributed by atoms with van der Waals surface area (Å²) in [6.45, 7) is -3.36. The minimum absolute atomic E-state index is 0.0376. The molecule has 4 rings (SSSR count). The molecule has 12 heteroatoms. The summed E-state index contributed by atoms with van der Waals surface area (Å²) >= 11 is 0. The molecule has 0 amide bonds. The Labute approximate surface area is 210 Å². The molecule has 1 aromatic heterocycles. The smallest absolute Gasteiger partial charge is 0.387 e. The fourth-order valence-corrected chi connectivity index (χ4v) is 5.26. The Morgan fingerprint density at radius 3 is 2.73 bits per heavy atom. The van der Waals surface area contributed by atoms with E-state index in [4.69, 9.17) is 9.84 Å². The number of aliphatic carboxylic acids is 1. The second-order valence-electron chi connectivity index (χ2n) is 7.99. The Hall–Kier alpha value is -4.06. The van der Waals surface area contributed by atoms with E-state index >= 15 is 0 Å². The number of alkyl halides is 2. The van der Waals surface area contributed by atoms with E-state index in [1.54, 1.807) is 12.1 Å². The monoisotopic (exact) mass is 534 g/mol. The quantitative estimate of drug-likeness (QED) is 0.420. The van der Waals surface area contributed by atoms with E-state index in [-0.39, 0.29) is 47.2 Å². The molecule has 3 aromatic rings. The van der Waals surface area contributed by atoms with Gasteiger partial charge in [-0.1, -0.05) is 18.2 Å². The first-order valence-electron chi connectivity index (χ1n) is 11.0. The largest absolute Gasteiger partial charge is 0.486 e. The Morgan fingerprint density at radius 2 is 2.00 bits per heavy atom. The molecule has 194 valence electrons. The van der Waals surface area contributed by atoms with Crippen LogP contribution in [0.5, 0.6) is 11.5 Å². The normalized spacial score (nSPS) is 15.5. The van der Waals surface area contributed by atoms with Crippen molar-refractivity contribution in [3.05, 3.63) is 77.9 Å². The molecule has 1 unspecified atom stereocenters. The highest BCUT2D eigenvalue weighted by Gasteiger charge is 2.35. The lowest BCUT2D eigenvalue weighted by molar-refractivity contribution is -0.137. The van der Waals surface area contributed by atoms with E-state index in [0.717, 1.165) is 10.4 Å². The summed E-state index contributed by atoms with van der Waals surface area (Å²) in [5.74, 6) is -1.74. The second-order valence-corrected chi connectivity index (χ2v) is 9.86. The number of sulfonamides is 1. The molecule has 0 saturated carbocycles. The van der Waals surface area contributed by atoms with Crippen molar-refractivity contribution in [2.24, 2.45) is 0 Å². The number of fused-ring (bicyclic) bond motifs is 1. The Bertz CT molecular complexity index is 1430. The summed E-state index contributed by atoms with van der Waals surface area (Å²) in [5.41, 5.74) is 0.743. The fraction of sp³-hybridized carbons (Fsp3) is 0.200. The van der Waals surface area contributed by atoms with Crippen LogP contribution in [-0.2, 0) is 14.8 Å². The number of carbonyl (C=O) groups is 1. The average molecular weight is 535 g/mol. The maximum atomic E-state index is 13.9. The van der Waals surface area contributed by atoms with Crippen LogP contribution in [0.3, 0.4) is 0 Å². The van der Waals surface area contributed by atoms with Crippen LogP contribution in [0.1, 0.15) is 24.1 Å². The highest BCUT2D eigenvalue weighted by Crippen LogP contribution is 2.39. The first-order valence-corrected chi connectivity index (χ1v) is 12.5. The van der Waals surface area contributed by atoms with Crippen LogP contribution in [0.2, 0.25) is 0 Å². The Kier molecular flexibility index (Phi) is 7.67. The van der Waals surface area contributed by atoms with Gasteiger partial charge in [0.15, 0.2) is 0 Å². The first kappa shape index (κ1) is 26.0. The van der Waals surface area contributed by atoms with Crippen LogP contribution >= 0.6 is 0 Å². The average Bonchev–Trinajstić information content (AvgIpc) is 2.86. The topological polar surface area (TPSA) is 106 Å². The summed E-state index contributed by atoms with van der Waals surface area (Å²) in [6, 6.07) is 12.1. The third-order valence-electron chi connectivity index (χ3n) is 5.43. The molecule has 1 N–H and O–H groups in total. The van der Waals surface area contributed by atoms with Gasteiger partial charge in [0.05, 0.1) is 22.8 Å². The molecule has 1 aliphatic rings. The van der Waals surface area contributed by atoms with Crippen LogP contribution in [0, 0.1) is 5.82 Å². The van der Waals surface area contributed by atoms with Crippen molar-refractivity contribution in [2.75, 3.05) is 10.8 Å². The van der Waals surface area contributed by atoms with Gasteiger partial charge in [0.25, 0.3) is 10.0 Å². The molecule has 1 atom stereocenters. The second kappa shape index (κ2) is 10.9. The first-order chi connectivity index (χ1) is 17.6. The van der Waals surface area contributed by atoms with Gasteiger partial charge in [0.2, 0.25) is 0 Å². The number of anilines is 1. The molecule has 0 radical (unpaired) electrons. The summed E-state index contributed by atoms with van der Waals surface area (Å²) in [7, 11) is -4.31. The molecule has 37 heavy (non-hydrogen) atoms. The van der Waals surface area contributed by atoms with Crippen molar-refractivity contribution in [1.29, 1.82) is 0 Å². The van der Waals surface area contributed by atoms with Crippen molar-refractivity contribution < 1.29 is 41.0 Å². The van der Waals surface area contributed by atoms with E-state index in [1.807, 2.05) is 0 Å². The number of rotatable bonds is 9. The maximum Gasteiger partial charge on any atom is 0.387 e. The predicted octanol–water partition coefficient (Wildman–Crippen LogP) is 4.81. The highest BCUT2D eigenvalue weighted by molar-refractivity contribution is 7.92. The lowest BCUT2D eigenvalue weighted by Gasteiger charge is -2.35. The minimum atomic E-state index is -4.31. The zero-order valence-electron chi connectivity index (χ0n) is 19.1. The molecule has 0 fully saturated rings. The van der Waals surface area contributed by atoms with Gasteiger partial charge in [-0.15, -0.1) is 0 Å². The van der Waals surface area contributed by atoms with Crippen molar-refractivity contribution in [1.82, 2.24) is 4.98 Å². The highest BCUT2D eigenvalue weighted by atomic mass is 32.2. The molecule has 0 saturated heterocycles. The van der Waals surface area contributed by atoms with E-state index in [9.17, 15) is 26.4 Å². The Balaban J connectivity index is 1.73. The zero-order chi connectivity index (χ0) is 26.6. The predicted molar refractivity (Wildman–Crippen MR) is 128 cm³/mol. The van der Waals surface area contributed by atoms with E-state index in [1.165, 1.54) is 54.7 Å². The molecule has 0 aliphatic carbocycles. The number of pyridine rings is 1. The molecule has 1 aliphatic heterocycles. The molecule has 2 aromatic carbocycles. The van der Waals surface area contributed by atoms with Gasteiger partial charge in [-0.05, 0) is 54.5 Å². The third-order valence-corrected chi connectivity index (χ3v) is 7.21. The van der Waals surface area contributed by atoms with E-state index in [0.29, 0.717) is 5.56 Å². The standard InChI is InChI=1S/C25H21F3N2O6S/c26-20-5-2-12-29-21(20)9-6-16-7-10-23-22(13-16)30(15-18(35-23)8-11-24(31)32)37(33,34)19-4-1-3-17(14-19)36-25(27)28/h1-7,9-10,12-14,18,25H,8,11,15H2,(H,31,32). The fourth-order valence-electron chi connectivity index (χ4n) is 3.73. The molecular formula is C25H21F3N2O6S. The van der Waals surface area contributed by atoms with E-state index in [2.05, 4.69) is 9.72 Å². The molecule has 0 spiro atoms. The SMILES string of the molecule is O=C(O)CCC1CN(S(=O)(=O)c2cccc(OC(F)F)c2)c2cc(C=Cc3ncccc3F)ccc2O1. The number of carboxylic acids is 1. The van der Waals surface area contributed by atoms with Crippen molar-refractivity contribution in [3.8, 4) is 11.5 Å². The van der Waals surface area contributed by atoms with Crippen molar-refractivity contribution >= 4 is 33.8 Å². The lowest BCUT2D eigenvalue weighted by atomic mass is 10.1. The van der Waals surface area contributed by atoms with Gasteiger partial charge in [0, 0.05) is 18.7 Å². The summed E-state index contributed by atoms with van der Waals surface area (Å²) in [5, 5.41) is 9.05. The van der Waals surface area contributed by atoms with Gasteiger partial charge >= 0.3 is 12.6 Å².